The largest absolute Gasteiger partial charge is 0.466 e. The molecule has 6 nitrogen and oxygen atoms in total. The van der Waals surface area contributed by atoms with Crippen LogP contribution in [-0.4, -0.2) is 47.4 Å². The third kappa shape index (κ3) is 69.2. The summed E-state index contributed by atoms with van der Waals surface area (Å²) in [5.41, 5.74) is 0. The fourth-order valence-corrected chi connectivity index (χ4v) is 12.0. The van der Waals surface area contributed by atoms with E-state index in [-0.39, 0.29) is 18.5 Å². The van der Waals surface area contributed by atoms with E-state index in [0.717, 1.165) is 38.5 Å². The van der Waals surface area contributed by atoms with Crippen LogP contribution < -0.4 is 5.32 Å². The van der Waals surface area contributed by atoms with E-state index >= 15 is 0 Å². The van der Waals surface area contributed by atoms with Crippen molar-refractivity contribution < 1.29 is 24.5 Å². The Bertz CT molecular complexity index is 1360. The van der Waals surface area contributed by atoms with Gasteiger partial charge in [0.15, 0.2) is 0 Å². The minimum atomic E-state index is -0.839. The molecule has 0 aromatic heterocycles. The van der Waals surface area contributed by atoms with Crippen molar-refractivity contribution in [3.05, 3.63) is 36.5 Å². The quantitative estimate of drug-likeness (QED) is 0.0320. The van der Waals surface area contributed by atoms with Gasteiger partial charge in [-0.25, -0.2) is 0 Å². The van der Waals surface area contributed by atoms with Crippen molar-refractivity contribution in [3.8, 4) is 0 Å². The summed E-state index contributed by atoms with van der Waals surface area (Å²) in [6, 6.07) is -0.622. The Labute approximate surface area is 525 Å². The van der Waals surface area contributed by atoms with E-state index in [1.165, 1.54) is 360 Å². The number of carbonyl (C=O) groups is 2. The number of rotatable bonds is 72. The number of allylic oxidation sites excluding steroid dienone is 5. The van der Waals surface area contributed by atoms with E-state index in [4.69, 9.17) is 4.74 Å². The Balaban J connectivity index is 3.29. The van der Waals surface area contributed by atoms with Gasteiger partial charge in [-0.1, -0.05) is 365 Å². The molecule has 0 aromatic carbocycles. The number of carbonyl (C=O) groups excluding carboxylic acids is 2. The van der Waals surface area contributed by atoms with Crippen LogP contribution in [0.1, 0.15) is 425 Å². The van der Waals surface area contributed by atoms with Gasteiger partial charge in [0.25, 0.3) is 0 Å². The van der Waals surface area contributed by atoms with E-state index < -0.39 is 12.1 Å². The Morgan fingerprint density at radius 2 is 0.560 bits per heavy atom. The van der Waals surface area contributed by atoms with Crippen LogP contribution in [0.2, 0.25) is 0 Å². The van der Waals surface area contributed by atoms with Crippen LogP contribution in [0, 0.1) is 0 Å². The number of aliphatic hydroxyl groups is 2. The molecular weight excluding hydrogens is 1030 g/mol. The predicted molar refractivity (Wildman–Crippen MR) is 370 cm³/mol. The first kappa shape index (κ1) is 82.1. The highest BCUT2D eigenvalue weighted by Gasteiger charge is 2.18. The number of nitrogens with one attached hydrogen (secondary N) is 1. The molecule has 6 heteroatoms. The molecule has 0 bridgehead atoms. The molecule has 0 fully saturated rings. The molecule has 1 amide bonds. The molecule has 3 N–H and O–H groups in total. The molecule has 0 aliphatic carbocycles. The monoisotopic (exact) mass is 1180 g/mol. The lowest BCUT2D eigenvalue weighted by Gasteiger charge is -2.20. The van der Waals surface area contributed by atoms with Crippen molar-refractivity contribution in [1.29, 1.82) is 0 Å². The lowest BCUT2D eigenvalue weighted by atomic mass is 10.0. The zero-order valence-corrected chi connectivity index (χ0v) is 56.9. The van der Waals surface area contributed by atoms with Crippen LogP contribution in [0.15, 0.2) is 36.5 Å². The van der Waals surface area contributed by atoms with Crippen LogP contribution in [0.25, 0.3) is 0 Å². The molecule has 84 heavy (non-hydrogen) atoms. The molecular formula is C78H149NO5. The Morgan fingerprint density at radius 1 is 0.321 bits per heavy atom. The summed E-state index contributed by atoms with van der Waals surface area (Å²) in [5.74, 6) is -0.0424. The minimum Gasteiger partial charge on any atom is -0.466 e. The molecule has 0 saturated heterocycles. The average Bonchev–Trinajstić information content (AvgIpc) is 3.51. The molecule has 496 valence electrons. The Morgan fingerprint density at radius 3 is 0.845 bits per heavy atom. The zero-order valence-electron chi connectivity index (χ0n) is 56.9. The van der Waals surface area contributed by atoms with Gasteiger partial charge in [0.1, 0.15) is 0 Å². The van der Waals surface area contributed by atoms with Gasteiger partial charge < -0.3 is 20.3 Å². The van der Waals surface area contributed by atoms with Gasteiger partial charge in [0.05, 0.1) is 25.4 Å². The van der Waals surface area contributed by atoms with E-state index in [0.29, 0.717) is 19.4 Å². The lowest BCUT2D eigenvalue weighted by Crippen LogP contribution is -2.45. The zero-order chi connectivity index (χ0) is 60.6. The second-order valence-electron chi connectivity index (χ2n) is 26.3. The summed E-state index contributed by atoms with van der Waals surface area (Å²) in [6.07, 6.45) is 95.7. The molecule has 2 unspecified atom stereocenters. The van der Waals surface area contributed by atoms with Crippen LogP contribution >= 0.6 is 0 Å². The molecule has 0 aliphatic heterocycles. The van der Waals surface area contributed by atoms with Gasteiger partial charge in [0, 0.05) is 12.8 Å². The Kier molecular flexibility index (Phi) is 71.9. The van der Waals surface area contributed by atoms with Gasteiger partial charge in [-0.3, -0.25) is 9.59 Å². The molecule has 0 spiro atoms. The van der Waals surface area contributed by atoms with Crippen LogP contribution in [0.5, 0.6) is 0 Å². The maximum Gasteiger partial charge on any atom is 0.305 e. The summed E-state index contributed by atoms with van der Waals surface area (Å²) in [4.78, 5) is 24.5. The van der Waals surface area contributed by atoms with Gasteiger partial charge in [-0.2, -0.15) is 0 Å². The van der Waals surface area contributed by atoms with E-state index in [1.807, 2.05) is 6.08 Å². The van der Waals surface area contributed by atoms with Gasteiger partial charge >= 0.3 is 5.97 Å². The van der Waals surface area contributed by atoms with Crippen LogP contribution in [0.4, 0.5) is 0 Å². The molecule has 0 heterocycles. The van der Waals surface area contributed by atoms with Crippen LogP contribution in [-0.2, 0) is 14.3 Å². The fourth-order valence-electron chi connectivity index (χ4n) is 12.0. The highest BCUT2D eigenvalue weighted by Crippen LogP contribution is 2.19. The van der Waals surface area contributed by atoms with Crippen molar-refractivity contribution in [2.24, 2.45) is 0 Å². The number of ether oxygens (including phenoxy) is 1. The van der Waals surface area contributed by atoms with Crippen molar-refractivity contribution in [3.63, 3.8) is 0 Å². The maximum atomic E-state index is 12.4. The Hall–Kier alpha value is -1.92. The van der Waals surface area contributed by atoms with Gasteiger partial charge in [0.2, 0.25) is 5.91 Å². The normalized spacial score (nSPS) is 12.7. The maximum absolute atomic E-state index is 12.4. The SMILES string of the molecule is CCCCCCCC/C=C\CCCCCCCCCCCC(=O)OCCCCCCCCCCCCCCCCCCCC/C=C\CCCCCCCCCCCCCCCCCCCC(=O)NC(CO)C(O)/C=C/CCCCCCCCC. The topological polar surface area (TPSA) is 95.9 Å². The highest BCUT2D eigenvalue weighted by molar-refractivity contribution is 5.76. The fraction of sp³-hybridized carbons (Fsp3) is 0.897. The minimum absolute atomic E-state index is 0.0224. The number of amides is 1. The number of aliphatic hydroxyl groups excluding tert-OH is 2. The predicted octanol–water partition coefficient (Wildman–Crippen LogP) is 25.0. The number of hydrogen-bond donors (Lipinski definition) is 3. The number of esters is 1. The second kappa shape index (κ2) is 73.5. The third-order valence-corrected chi connectivity index (χ3v) is 17.9. The first-order valence-electron chi connectivity index (χ1n) is 38.3. The second-order valence-corrected chi connectivity index (χ2v) is 26.3. The molecule has 0 saturated carbocycles. The summed E-state index contributed by atoms with van der Waals surface area (Å²) >= 11 is 0. The van der Waals surface area contributed by atoms with E-state index in [2.05, 4.69) is 43.5 Å². The highest BCUT2D eigenvalue weighted by atomic mass is 16.5. The van der Waals surface area contributed by atoms with Crippen molar-refractivity contribution in [2.75, 3.05) is 13.2 Å². The van der Waals surface area contributed by atoms with Gasteiger partial charge in [-0.15, -0.1) is 0 Å². The molecule has 0 rings (SSSR count). The third-order valence-electron chi connectivity index (χ3n) is 17.9. The number of hydrogen-bond acceptors (Lipinski definition) is 5. The molecule has 0 radical (unpaired) electrons. The number of unbranched alkanes of at least 4 members (excludes halogenated alkanes) is 57. The molecule has 0 aliphatic rings. The van der Waals surface area contributed by atoms with E-state index in [1.54, 1.807) is 6.08 Å². The average molecular weight is 1180 g/mol. The summed E-state index contributed by atoms with van der Waals surface area (Å²) in [7, 11) is 0. The van der Waals surface area contributed by atoms with Crippen LogP contribution in [0.3, 0.4) is 0 Å². The van der Waals surface area contributed by atoms with Gasteiger partial charge in [-0.05, 0) is 83.5 Å². The van der Waals surface area contributed by atoms with E-state index in [9.17, 15) is 19.8 Å². The summed E-state index contributed by atoms with van der Waals surface area (Å²) < 4.78 is 5.52. The standard InChI is InChI=1S/C78H149NO5/c1-3-5-7-9-11-13-14-15-16-17-39-43-46-49-52-56-60-64-68-72-78(83)84-73-69-65-61-57-53-50-47-44-41-38-36-34-32-30-28-26-24-22-20-18-19-21-23-25-27-29-31-33-35-37-40-42-45-48-51-55-59-63-67-71-77(82)79-75(74-80)76(81)70-66-62-58-54-12-10-8-6-4-2/h15-16,18-19,66,70,75-76,80-81H,3-14,17,20-65,67-69,71-74H2,1-2H3,(H,79,82)/b16-15-,19-18-,70-66+. The molecule has 2 atom stereocenters. The van der Waals surface area contributed by atoms with Crippen molar-refractivity contribution in [1.82, 2.24) is 5.32 Å². The molecule has 0 aromatic rings. The first-order chi connectivity index (χ1) is 41.5. The first-order valence-corrected chi connectivity index (χ1v) is 38.3. The smallest absolute Gasteiger partial charge is 0.305 e. The van der Waals surface area contributed by atoms with Crippen molar-refractivity contribution in [2.45, 2.75) is 437 Å². The lowest BCUT2D eigenvalue weighted by molar-refractivity contribution is -0.143. The summed E-state index contributed by atoms with van der Waals surface area (Å²) in [6.45, 7) is 4.90. The van der Waals surface area contributed by atoms with Crippen molar-refractivity contribution >= 4 is 11.9 Å². The summed E-state index contributed by atoms with van der Waals surface area (Å²) in [5, 5.41) is 23.0.